The molecule has 6 nitrogen and oxygen atoms in total. The summed E-state index contributed by atoms with van der Waals surface area (Å²) < 4.78 is 17.9. The van der Waals surface area contributed by atoms with E-state index in [1.54, 1.807) is 24.3 Å². The zero-order valence-electron chi connectivity index (χ0n) is 16.4. The maximum Gasteiger partial charge on any atom is 0.338 e. The first-order valence-corrected chi connectivity index (χ1v) is 10.0. The molecule has 4 aliphatic rings. The van der Waals surface area contributed by atoms with Crippen molar-refractivity contribution in [1.82, 2.24) is 0 Å². The third kappa shape index (κ3) is 1.90. The molecule has 2 aliphatic heterocycles. The summed E-state index contributed by atoms with van der Waals surface area (Å²) in [5, 5.41) is 11.2. The van der Waals surface area contributed by atoms with Gasteiger partial charge in [0, 0.05) is 35.5 Å². The quantitative estimate of drug-likeness (QED) is 0.787. The molecule has 5 rings (SSSR count). The van der Waals surface area contributed by atoms with E-state index < -0.39 is 22.2 Å². The molecule has 1 aromatic rings. The zero-order valence-corrected chi connectivity index (χ0v) is 16.4. The second kappa shape index (κ2) is 5.36. The van der Waals surface area contributed by atoms with Gasteiger partial charge in [-0.2, -0.15) is 0 Å². The maximum atomic E-state index is 12.7. The van der Waals surface area contributed by atoms with Gasteiger partial charge in [-0.05, 0) is 12.1 Å². The van der Waals surface area contributed by atoms with Crippen LogP contribution in [0.25, 0.3) is 0 Å². The molecule has 0 unspecified atom stereocenters. The van der Waals surface area contributed by atoms with Crippen molar-refractivity contribution in [3.8, 4) is 0 Å². The average Bonchev–Trinajstić information content (AvgIpc) is 3.15. The van der Waals surface area contributed by atoms with Crippen LogP contribution in [0, 0.1) is 22.7 Å². The predicted octanol–water partition coefficient (Wildman–Crippen LogP) is 2.69. The first-order chi connectivity index (χ1) is 13.2. The number of carbonyl (C=O) groups excluding carboxylic acids is 2. The lowest BCUT2D eigenvalue weighted by atomic mass is 9.48. The van der Waals surface area contributed by atoms with Crippen LogP contribution in [0.5, 0.6) is 0 Å². The Morgan fingerprint density at radius 2 is 1.96 bits per heavy atom. The van der Waals surface area contributed by atoms with Gasteiger partial charge in [-0.25, -0.2) is 4.79 Å². The number of benzene rings is 1. The summed E-state index contributed by atoms with van der Waals surface area (Å²) in [4.78, 5) is 25.2. The highest BCUT2D eigenvalue weighted by Crippen LogP contribution is 2.76. The molecule has 2 heterocycles. The predicted molar refractivity (Wildman–Crippen MR) is 98.1 cm³/mol. The molecule has 2 saturated heterocycles. The lowest BCUT2D eigenvalue weighted by molar-refractivity contribution is -0.257. The molecule has 2 aliphatic carbocycles. The smallest absolute Gasteiger partial charge is 0.338 e. The van der Waals surface area contributed by atoms with Crippen LogP contribution in [0.3, 0.4) is 0 Å². The Hall–Kier alpha value is -1.92. The molecule has 0 radical (unpaired) electrons. The van der Waals surface area contributed by atoms with E-state index in [4.69, 9.17) is 14.2 Å². The van der Waals surface area contributed by atoms with E-state index in [1.165, 1.54) is 0 Å². The third-order valence-electron chi connectivity index (χ3n) is 8.48. The summed E-state index contributed by atoms with van der Waals surface area (Å²) in [7, 11) is 0. The van der Waals surface area contributed by atoms with Gasteiger partial charge in [-0.1, -0.05) is 39.0 Å². The van der Waals surface area contributed by atoms with Crippen molar-refractivity contribution < 1.29 is 28.9 Å². The molecular weight excluding hydrogens is 360 g/mol. The summed E-state index contributed by atoms with van der Waals surface area (Å²) >= 11 is 0. The number of carbonyl (C=O) groups is 2. The Labute approximate surface area is 164 Å². The summed E-state index contributed by atoms with van der Waals surface area (Å²) in [5.74, 6) is -2.20. The minimum atomic E-state index is -1.28. The molecule has 150 valence electrons. The molecule has 28 heavy (non-hydrogen) atoms. The highest BCUT2D eigenvalue weighted by Gasteiger charge is 2.84. The fraction of sp³-hybridized carbons (Fsp3) is 0.636. The monoisotopic (exact) mass is 386 g/mol. The van der Waals surface area contributed by atoms with Gasteiger partial charge in [0.1, 0.15) is 11.7 Å². The van der Waals surface area contributed by atoms with Crippen LogP contribution < -0.4 is 0 Å². The molecule has 2 saturated carbocycles. The van der Waals surface area contributed by atoms with Crippen molar-refractivity contribution in [2.45, 2.75) is 57.5 Å². The van der Waals surface area contributed by atoms with Crippen molar-refractivity contribution in [3.63, 3.8) is 0 Å². The van der Waals surface area contributed by atoms with Gasteiger partial charge in [-0.3, -0.25) is 4.79 Å². The topological polar surface area (TPSA) is 82.1 Å². The van der Waals surface area contributed by atoms with Crippen molar-refractivity contribution in [2.75, 3.05) is 6.61 Å². The van der Waals surface area contributed by atoms with E-state index in [2.05, 4.69) is 0 Å². The van der Waals surface area contributed by atoms with E-state index >= 15 is 0 Å². The molecule has 6 heteroatoms. The lowest BCUT2D eigenvalue weighted by Crippen LogP contribution is -2.64. The number of rotatable bonds is 2. The average molecular weight is 386 g/mol. The second-order valence-electron chi connectivity index (χ2n) is 9.39. The largest absolute Gasteiger partial charge is 0.458 e. The minimum Gasteiger partial charge on any atom is -0.458 e. The molecule has 0 aromatic heterocycles. The number of fused-ring (bicyclic) bond motifs is 2. The Kier molecular flexibility index (Phi) is 3.47. The van der Waals surface area contributed by atoms with E-state index in [0.717, 1.165) is 0 Å². The molecule has 2 bridgehead atoms. The normalized spacial score (nSPS) is 48.7. The highest BCUT2D eigenvalue weighted by molar-refractivity contribution is 5.89. The van der Waals surface area contributed by atoms with Crippen molar-refractivity contribution in [2.24, 2.45) is 22.7 Å². The first-order valence-electron chi connectivity index (χ1n) is 10.0. The maximum absolute atomic E-state index is 12.7. The lowest BCUT2D eigenvalue weighted by Gasteiger charge is -2.56. The van der Waals surface area contributed by atoms with Crippen molar-refractivity contribution in [3.05, 3.63) is 35.9 Å². The fourth-order valence-corrected chi connectivity index (χ4v) is 6.68. The number of hydrogen-bond donors (Lipinski definition) is 1. The molecule has 7 atom stereocenters. The van der Waals surface area contributed by atoms with Crippen LogP contribution in [-0.4, -0.2) is 41.1 Å². The summed E-state index contributed by atoms with van der Waals surface area (Å²) in [6.45, 7) is 6.34. The van der Waals surface area contributed by atoms with Gasteiger partial charge in [0.15, 0.2) is 5.79 Å². The molecule has 0 amide bonds. The van der Waals surface area contributed by atoms with Crippen LogP contribution in [-0.2, 0) is 19.0 Å². The van der Waals surface area contributed by atoms with Crippen LogP contribution >= 0.6 is 0 Å². The molecule has 0 spiro atoms. The van der Waals surface area contributed by atoms with E-state index in [-0.39, 0.29) is 36.3 Å². The Morgan fingerprint density at radius 3 is 2.68 bits per heavy atom. The first kappa shape index (κ1) is 18.1. The number of aliphatic hydroxyl groups is 1. The Bertz CT molecular complexity index is 854. The molecule has 1 N–H and O–H groups in total. The number of esters is 2. The SMILES string of the molecule is C[C@@H]1[C@H](OC(=O)c2ccccc2)C[C@]23OC(=O)C[C@]12C[C@@]1(O)OC[C@]3(C)[C@@H]1C. The summed E-state index contributed by atoms with van der Waals surface area (Å²) in [6.07, 6.45) is 0.608. The summed E-state index contributed by atoms with van der Waals surface area (Å²) in [6, 6.07) is 8.92. The van der Waals surface area contributed by atoms with Gasteiger partial charge in [-0.15, -0.1) is 0 Å². The van der Waals surface area contributed by atoms with E-state index in [9.17, 15) is 14.7 Å². The van der Waals surface area contributed by atoms with E-state index in [1.807, 2.05) is 26.8 Å². The van der Waals surface area contributed by atoms with Crippen LogP contribution in [0.2, 0.25) is 0 Å². The Balaban J connectivity index is 1.54. The second-order valence-corrected chi connectivity index (χ2v) is 9.39. The van der Waals surface area contributed by atoms with Gasteiger partial charge in [0.25, 0.3) is 0 Å². The third-order valence-corrected chi connectivity index (χ3v) is 8.48. The minimum absolute atomic E-state index is 0.133. The van der Waals surface area contributed by atoms with Crippen molar-refractivity contribution >= 4 is 11.9 Å². The highest BCUT2D eigenvalue weighted by atomic mass is 16.6. The van der Waals surface area contributed by atoms with Gasteiger partial charge in [0.2, 0.25) is 0 Å². The molecular formula is C22H26O6. The zero-order chi connectivity index (χ0) is 19.9. The Morgan fingerprint density at radius 1 is 1.25 bits per heavy atom. The van der Waals surface area contributed by atoms with Crippen molar-refractivity contribution in [1.29, 1.82) is 0 Å². The molecule has 1 aromatic carbocycles. The van der Waals surface area contributed by atoms with Gasteiger partial charge in [0.05, 0.1) is 18.6 Å². The number of hydrogen-bond acceptors (Lipinski definition) is 6. The standard InChI is InChI=1S/C22H26O6/c1-13-16(27-18(24)15-7-5-4-6-8-15)9-22-19(3)12-26-21(25,14(19)2)11-20(13,22)10-17(23)28-22/h4-8,13-14,16,25H,9-12H2,1-3H3/t13-,14+,16-,19-,20+,21-,22-/m1/s1. The number of ether oxygens (including phenoxy) is 3. The van der Waals surface area contributed by atoms with Crippen LogP contribution in [0.4, 0.5) is 0 Å². The van der Waals surface area contributed by atoms with E-state index in [0.29, 0.717) is 25.0 Å². The van der Waals surface area contributed by atoms with Gasteiger partial charge >= 0.3 is 11.9 Å². The summed E-state index contributed by atoms with van der Waals surface area (Å²) in [5.41, 5.74) is -1.42. The molecule has 4 fully saturated rings. The van der Waals surface area contributed by atoms with Gasteiger partial charge < -0.3 is 19.3 Å². The van der Waals surface area contributed by atoms with Crippen LogP contribution in [0.1, 0.15) is 50.4 Å². The fourth-order valence-electron chi connectivity index (χ4n) is 6.68. The van der Waals surface area contributed by atoms with Crippen LogP contribution in [0.15, 0.2) is 30.3 Å².